The molecule has 0 rings (SSSR count). The quantitative estimate of drug-likeness (QED) is 0.508. The molecule has 0 aromatic rings. The summed E-state index contributed by atoms with van der Waals surface area (Å²) >= 11 is 0.210. The fourth-order valence-electron chi connectivity index (χ4n) is 0.308. The van der Waals surface area contributed by atoms with Crippen molar-refractivity contribution in [2.24, 2.45) is 0 Å². The van der Waals surface area contributed by atoms with Gasteiger partial charge >= 0.3 is 5.30 Å². The van der Waals surface area contributed by atoms with Crippen molar-refractivity contribution in [2.45, 2.75) is 11.9 Å². The second-order valence-electron chi connectivity index (χ2n) is 1.66. The maximum Gasteiger partial charge on any atom is 0.373 e. The second-order valence-corrected chi connectivity index (χ2v) is 2.68. The van der Waals surface area contributed by atoms with Crippen molar-refractivity contribution >= 4 is 17.1 Å². The average molecular weight is 194 g/mol. The van der Waals surface area contributed by atoms with E-state index < -0.39 is 17.2 Å². The Morgan fingerprint density at radius 2 is 2.00 bits per heavy atom. The molecule has 2 nitrogen and oxygen atoms in total. The first-order chi connectivity index (χ1) is 5.60. The maximum absolute atomic E-state index is 12.3. The summed E-state index contributed by atoms with van der Waals surface area (Å²) in [7, 11) is 0. The lowest BCUT2D eigenvalue weighted by atomic mass is 10.7. The molecule has 68 valence electrons. The zero-order valence-corrected chi connectivity index (χ0v) is 7.02. The molecule has 0 saturated carbocycles. The zero-order valence-electron chi connectivity index (χ0n) is 6.20. The Balaban J connectivity index is 3.73. The van der Waals surface area contributed by atoms with E-state index in [9.17, 15) is 13.6 Å². The molecule has 0 bridgehead atoms. The number of halogens is 2. The van der Waals surface area contributed by atoms with Crippen LogP contribution in [0.25, 0.3) is 0 Å². The van der Waals surface area contributed by atoms with Gasteiger partial charge in [0.2, 0.25) is 0 Å². The number of ether oxygens (including phenoxy) is 1. The summed E-state index contributed by atoms with van der Waals surface area (Å²) in [6.07, 6.45) is -0.186. The fraction of sp³-hybridized carbons (Fsp3) is 0.286. The van der Waals surface area contributed by atoms with Crippen LogP contribution in [-0.4, -0.2) is 17.2 Å². The third kappa shape index (κ3) is 4.90. The van der Waals surface area contributed by atoms with Gasteiger partial charge in [-0.25, -0.2) is 9.18 Å². The topological polar surface area (TPSA) is 26.3 Å². The second kappa shape index (κ2) is 5.77. The van der Waals surface area contributed by atoms with Gasteiger partial charge in [-0.3, -0.25) is 0 Å². The van der Waals surface area contributed by atoms with Gasteiger partial charge in [-0.05, 0) is 23.9 Å². The molecular weight excluding hydrogens is 186 g/mol. The maximum atomic E-state index is 12.3. The Morgan fingerprint density at radius 3 is 2.42 bits per heavy atom. The molecule has 0 amide bonds. The van der Waals surface area contributed by atoms with E-state index in [2.05, 4.69) is 17.9 Å². The van der Waals surface area contributed by atoms with Gasteiger partial charge in [-0.1, -0.05) is 13.2 Å². The molecule has 12 heavy (non-hydrogen) atoms. The van der Waals surface area contributed by atoms with Crippen LogP contribution in [0.15, 0.2) is 25.3 Å². The Kier molecular flexibility index (Phi) is 5.36. The van der Waals surface area contributed by atoms with Gasteiger partial charge in [-0.2, -0.15) is 4.39 Å². The molecule has 0 radical (unpaired) electrons. The van der Waals surface area contributed by atoms with Crippen LogP contribution in [0, 0.1) is 0 Å². The zero-order chi connectivity index (χ0) is 9.56. The summed E-state index contributed by atoms with van der Waals surface area (Å²) < 4.78 is 28.6. The van der Waals surface area contributed by atoms with Crippen LogP contribution in [0.4, 0.5) is 13.6 Å². The predicted octanol–water partition coefficient (Wildman–Crippen LogP) is 2.82. The summed E-state index contributed by atoms with van der Waals surface area (Å²) in [4.78, 5) is 10.5. The molecular formula is C7H8F2O2S. The molecule has 0 aromatic heterocycles. The van der Waals surface area contributed by atoms with Crippen molar-refractivity contribution in [1.82, 2.24) is 0 Å². The van der Waals surface area contributed by atoms with E-state index >= 15 is 0 Å². The number of rotatable bonds is 4. The molecule has 0 saturated heterocycles. The summed E-state index contributed by atoms with van der Waals surface area (Å²) in [6.45, 7) is 6.13. The minimum Gasteiger partial charge on any atom is -0.419 e. The molecule has 0 aliphatic rings. The predicted molar refractivity (Wildman–Crippen MR) is 44.3 cm³/mol. The van der Waals surface area contributed by atoms with Crippen molar-refractivity contribution in [1.29, 1.82) is 0 Å². The van der Waals surface area contributed by atoms with E-state index in [0.29, 0.717) is 0 Å². The van der Waals surface area contributed by atoms with E-state index in [4.69, 9.17) is 0 Å². The van der Waals surface area contributed by atoms with Gasteiger partial charge in [0.05, 0.1) is 0 Å². The number of carbonyl (C=O) groups excluding carboxylic acids is 1. The SMILES string of the molecule is C=C[C@@H](F)SC(=O)O[C@@H](F)C=C. The van der Waals surface area contributed by atoms with E-state index in [0.717, 1.165) is 12.2 Å². The van der Waals surface area contributed by atoms with Gasteiger partial charge < -0.3 is 4.74 Å². The first-order valence-corrected chi connectivity index (χ1v) is 3.88. The highest BCUT2D eigenvalue weighted by atomic mass is 32.2. The standard InChI is InChI=1S/C7H8F2O2S/c1-3-5(8)11-7(10)12-6(9)4-2/h3-6H,1-2H2/t5-,6+/m1/s1. The van der Waals surface area contributed by atoms with E-state index in [1.807, 2.05) is 0 Å². The van der Waals surface area contributed by atoms with E-state index in [1.165, 1.54) is 0 Å². The van der Waals surface area contributed by atoms with Crippen LogP contribution in [0.5, 0.6) is 0 Å². The van der Waals surface area contributed by atoms with Gasteiger partial charge in [0.15, 0.2) is 5.50 Å². The smallest absolute Gasteiger partial charge is 0.373 e. The van der Waals surface area contributed by atoms with Crippen molar-refractivity contribution in [2.75, 3.05) is 0 Å². The van der Waals surface area contributed by atoms with Gasteiger partial charge in [0.25, 0.3) is 6.36 Å². The van der Waals surface area contributed by atoms with Crippen LogP contribution < -0.4 is 0 Å². The molecule has 0 N–H and O–H groups in total. The van der Waals surface area contributed by atoms with Gasteiger partial charge in [-0.15, -0.1) is 0 Å². The molecule has 5 heteroatoms. The van der Waals surface area contributed by atoms with Gasteiger partial charge in [0, 0.05) is 0 Å². The monoisotopic (exact) mass is 194 g/mol. The number of carbonyl (C=O) groups is 1. The highest BCUT2D eigenvalue weighted by Crippen LogP contribution is 2.17. The fourth-order valence-corrected chi connectivity index (χ4v) is 0.735. The molecule has 0 fully saturated rings. The lowest BCUT2D eigenvalue weighted by Gasteiger charge is -2.04. The molecule has 0 aliphatic heterocycles. The highest BCUT2D eigenvalue weighted by molar-refractivity contribution is 8.13. The number of hydrogen-bond donors (Lipinski definition) is 0. The summed E-state index contributed by atoms with van der Waals surface area (Å²) in [5.74, 6) is 0. The van der Waals surface area contributed by atoms with Gasteiger partial charge in [0.1, 0.15) is 0 Å². The average Bonchev–Trinajstić information content (AvgIpc) is 2.03. The normalized spacial score (nSPS) is 14.5. The highest BCUT2D eigenvalue weighted by Gasteiger charge is 2.14. The minimum absolute atomic E-state index is 0.210. The Hall–Kier alpha value is -0.840. The molecule has 0 heterocycles. The largest absolute Gasteiger partial charge is 0.419 e. The van der Waals surface area contributed by atoms with Crippen LogP contribution in [0.1, 0.15) is 0 Å². The first-order valence-electron chi connectivity index (χ1n) is 3.00. The van der Waals surface area contributed by atoms with Crippen molar-refractivity contribution < 1.29 is 18.3 Å². The Labute approximate surface area is 73.3 Å². The Morgan fingerprint density at radius 1 is 1.42 bits per heavy atom. The third-order valence-corrected chi connectivity index (χ3v) is 1.49. The van der Waals surface area contributed by atoms with Crippen LogP contribution >= 0.6 is 11.8 Å². The van der Waals surface area contributed by atoms with Crippen LogP contribution in [0.2, 0.25) is 0 Å². The number of hydrogen-bond acceptors (Lipinski definition) is 3. The minimum atomic E-state index is -1.89. The lowest BCUT2D eigenvalue weighted by molar-refractivity contribution is 0.0666. The molecule has 0 unspecified atom stereocenters. The van der Waals surface area contributed by atoms with Crippen LogP contribution in [0.3, 0.4) is 0 Å². The summed E-state index contributed by atoms with van der Waals surface area (Å²) in [5, 5.41) is -1.03. The molecule has 0 aromatic carbocycles. The third-order valence-electron chi connectivity index (χ3n) is 0.788. The first kappa shape index (κ1) is 11.2. The molecule has 0 spiro atoms. The van der Waals surface area contributed by atoms with E-state index in [-0.39, 0.29) is 11.8 Å². The number of thioether (sulfide) groups is 1. The molecule has 0 aliphatic carbocycles. The van der Waals surface area contributed by atoms with E-state index in [1.54, 1.807) is 0 Å². The summed E-state index contributed by atoms with van der Waals surface area (Å²) in [6, 6.07) is 0. The van der Waals surface area contributed by atoms with Crippen molar-refractivity contribution in [3.8, 4) is 0 Å². The van der Waals surface area contributed by atoms with Crippen molar-refractivity contribution in [3.63, 3.8) is 0 Å². The number of alkyl halides is 2. The Bertz CT molecular complexity index is 166. The lowest BCUT2D eigenvalue weighted by Crippen LogP contribution is -2.08. The summed E-state index contributed by atoms with van der Waals surface area (Å²) in [5.41, 5.74) is -1.57. The van der Waals surface area contributed by atoms with Crippen molar-refractivity contribution in [3.05, 3.63) is 25.3 Å². The van der Waals surface area contributed by atoms with Crippen LogP contribution in [-0.2, 0) is 4.74 Å². The molecule has 2 atom stereocenters.